The second kappa shape index (κ2) is 12.4. The van der Waals surface area contributed by atoms with E-state index in [0.717, 1.165) is 111 Å². The van der Waals surface area contributed by atoms with Gasteiger partial charge >= 0.3 is 0 Å². The number of carbonyl (C=O) groups excluding carboxylic acids is 1. The Balaban J connectivity index is 0.842. The molecule has 0 spiro atoms. The van der Waals surface area contributed by atoms with Crippen LogP contribution in [0.4, 0.5) is 4.39 Å². The van der Waals surface area contributed by atoms with Crippen LogP contribution in [0.1, 0.15) is 50.8 Å². The topological polar surface area (TPSA) is 91.0 Å². The highest BCUT2D eigenvalue weighted by atomic mass is 32.2. The van der Waals surface area contributed by atoms with Crippen LogP contribution in [-0.4, -0.2) is 114 Å². The van der Waals surface area contributed by atoms with Crippen LogP contribution in [0.25, 0.3) is 10.9 Å². The predicted octanol–water partition coefficient (Wildman–Crippen LogP) is 3.30. The van der Waals surface area contributed by atoms with Crippen molar-refractivity contribution >= 4 is 29.0 Å². The van der Waals surface area contributed by atoms with Crippen LogP contribution in [0.5, 0.6) is 5.75 Å². The number of aromatic nitrogens is 2. The first-order valence-electron chi connectivity index (χ1n) is 16.1. The third-order valence-electron chi connectivity index (χ3n) is 10.7. The maximum Gasteiger partial charge on any atom is 0.261 e. The number of hydrogen-bond donors (Lipinski definition) is 1. The molecule has 1 N–H and O–H groups in total. The number of fused-ring (bicyclic) bond motifs is 1. The Labute approximate surface area is 256 Å². The number of piperazine rings is 1. The lowest BCUT2D eigenvalue weighted by atomic mass is 9.39. The summed E-state index contributed by atoms with van der Waals surface area (Å²) in [5.41, 5.74) is 0.321. The minimum Gasteiger partial charge on any atom is -0.493 e. The van der Waals surface area contributed by atoms with E-state index in [0.29, 0.717) is 46.2 Å². The van der Waals surface area contributed by atoms with Crippen LogP contribution < -0.4 is 10.3 Å². The number of halogens is 1. The van der Waals surface area contributed by atoms with Crippen LogP contribution in [-0.2, 0) is 15.3 Å². The molecule has 234 valence electrons. The summed E-state index contributed by atoms with van der Waals surface area (Å²) >= 11 is 1.77. The number of carbonyl (C=O) groups is 1. The number of nitrogens with one attached hydrogen (secondary N) is 1. The summed E-state index contributed by atoms with van der Waals surface area (Å²) in [6.45, 7) is 10.9. The number of aldehydes is 1. The van der Waals surface area contributed by atoms with Crippen molar-refractivity contribution in [1.82, 2.24) is 24.7 Å². The first kappa shape index (κ1) is 29.6. The van der Waals surface area contributed by atoms with Gasteiger partial charge in [0.25, 0.3) is 5.56 Å². The van der Waals surface area contributed by atoms with E-state index in [1.165, 1.54) is 12.4 Å². The highest BCUT2D eigenvalue weighted by Gasteiger charge is 2.70. The van der Waals surface area contributed by atoms with E-state index in [2.05, 4.69) is 24.7 Å². The van der Waals surface area contributed by atoms with Crippen LogP contribution >= 0.6 is 11.8 Å². The number of thioether (sulfide) groups is 1. The van der Waals surface area contributed by atoms with E-state index in [-0.39, 0.29) is 10.8 Å². The number of nitrogens with zero attached hydrogens (tertiary/aromatic N) is 4. The molecule has 2 aromatic rings. The molecule has 3 saturated heterocycles. The molecule has 4 heterocycles. The molecule has 43 heavy (non-hydrogen) atoms. The minimum absolute atomic E-state index is 0.00687. The number of H-pyrrole nitrogens is 1. The van der Waals surface area contributed by atoms with E-state index in [9.17, 15) is 14.0 Å². The van der Waals surface area contributed by atoms with Gasteiger partial charge < -0.3 is 24.2 Å². The molecule has 0 amide bonds. The number of hydrogen-bond acceptors (Lipinski definition) is 9. The fourth-order valence-corrected chi connectivity index (χ4v) is 9.09. The van der Waals surface area contributed by atoms with Gasteiger partial charge in [0.1, 0.15) is 29.1 Å². The zero-order valence-electron chi connectivity index (χ0n) is 25.0. The number of benzene rings is 1. The maximum atomic E-state index is 14.9. The zero-order valence-corrected chi connectivity index (χ0v) is 25.8. The van der Waals surface area contributed by atoms with Gasteiger partial charge in [-0.3, -0.25) is 14.6 Å². The van der Waals surface area contributed by atoms with Crippen LogP contribution in [0.2, 0.25) is 0 Å². The second-order valence-corrected chi connectivity index (χ2v) is 14.9. The Bertz CT molecular complexity index is 1350. The molecular formula is C32H44FN5O4S. The van der Waals surface area contributed by atoms with Crippen LogP contribution in [0.3, 0.4) is 0 Å². The van der Waals surface area contributed by atoms with Crippen LogP contribution in [0.15, 0.2) is 16.9 Å². The number of piperidine rings is 1. The highest BCUT2D eigenvalue weighted by Crippen LogP contribution is 2.68. The van der Waals surface area contributed by atoms with Gasteiger partial charge in [0.05, 0.1) is 17.9 Å². The molecule has 1 aromatic heterocycles. The summed E-state index contributed by atoms with van der Waals surface area (Å²) in [6, 6.07) is 3.03. The van der Waals surface area contributed by atoms with Crippen LogP contribution in [0, 0.1) is 17.2 Å². The molecule has 11 heteroatoms. The van der Waals surface area contributed by atoms with Crippen molar-refractivity contribution in [3.63, 3.8) is 0 Å². The summed E-state index contributed by atoms with van der Waals surface area (Å²) in [5, 5.41) is 0.483. The fourth-order valence-electron chi connectivity index (χ4n) is 8.03. The Hall–Kier alpha value is -2.05. The van der Waals surface area contributed by atoms with Gasteiger partial charge in [0, 0.05) is 80.8 Å². The first-order chi connectivity index (χ1) is 20.9. The van der Waals surface area contributed by atoms with Crippen molar-refractivity contribution in [3.05, 3.63) is 34.1 Å². The molecule has 3 aliphatic heterocycles. The second-order valence-electron chi connectivity index (χ2n) is 13.6. The van der Waals surface area contributed by atoms with Crippen molar-refractivity contribution in [2.24, 2.45) is 11.3 Å². The Morgan fingerprint density at radius 3 is 2.42 bits per heavy atom. The largest absolute Gasteiger partial charge is 0.493 e. The summed E-state index contributed by atoms with van der Waals surface area (Å²) in [6.07, 6.45) is 8.60. The number of aromatic amines is 1. The van der Waals surface area contributed by atoms with Crippen molar-refractivity contribution in [1.29, 1.82) is 0 Å². The summed E-state index contributed by atoms with van der Waals surface area (Å²) in [7, 11) is 0. The van der Waals surface area contributed by atoms with Crippen molar-refractivity contribution in [3.8, 4) is 5.75 Å². The monoisotopic (exact) mass is 613 g/mol. The third-order valence-corrected chi connectivity index (χ3v) is 12.1. The summed E-state index contributed by atoms with van der Waals surface area (Å²) in [4.78, 5) is 39.0. The van der Waals surface area contributed by atoms with Gasteiger partial charge in [0.15, 0.2) is 0 Å². The number of likely N-dealkylation sites (tertiary alicyclic amines) is 1. The van der Waals surface area contributed by atoms with Crippen molar-refractivity contribution in [2.75, 3.05) is 72.2 Å². The molecule has 6 aliphatic rings. The van der Waals surface area contributed by atoms with E-state index >= 15 is 0 Å². The van der Waals surface area contributed by atoms with Gasteiger partial charge in [-0.25, -0.2) is 9.37 Å². The van der Waals surface area contributed by atoms with Crippen molar-refractivity contribution in [2.45, 2.75) is 61.5 Å². The maximum absolute atomic E-state index is 14.9. The van der Waals surface area contributed by atoms with Gasteiger partial charge in [-0.05, 0) is 64.0 Å². The molecule has 3 saturated carbocycles. The molecule has 0 unspecified atom stereocenters. The molecule has 6 fully saturated rings. The van der Waals surface area contributed by atoms with Gasteiger partial charge in [0.2, 0.25) is 0 Å². The van der Waals surface area contributed by atoms with Gasteiger partial charge in [-0.1, -0.05) is 0 Å². The summed E-state index contributed by atoms with van der Waals surface area (Å²) < 4.78 is 26.4. The molecular weight excluding hydrogens is 569 g/mol. The lowest BCUT2D eigenvalue weighted by Crippen LogP contribution is -2.76. The molecule has 2 bridgehead atoms. The number of rotatable bonds is 11. The predicted molar refractivity (Wildman–Crippen MR) is 165 cm³/mol. The minimum atomic E-state index is -0.588. The lowest BCUT2D eigenvalue weighted by Gasteiger charge is -2.72. The molecule has 1 aromatic carbocycles. The average molecular weight is 614 g/mol. The Morgan fingerprint density at radius 1 is 1.02 bits per heavy atom. The average Bonchev–Trinajstić information content (AvgIpc) is 2.98. The fraction of sp³-hybridized carbons (Fsp3) is 0.719. The number of ether oxygens (including phenoxy) is 2. The lowest BCUT2D eigenvalue weighted by molar-refractivity contribution is -0.213. The van der Waals surface area contributed by atoms with E-state index in [4.69, 9.17) is 9.47 Å². The molecule has 8 rings (SSSR count). The van der Waals surface area contributed by atoms with E-state index in [1.807, 2.05) is 0 Å². The van der Waals surface area contributed by atoms with E-state index in [1.54, 1.807) is 17.8 Å². The van der Waals surface area contributed by atoms with E-state index < -0.39 is 11.4 Å². The molecule has 0 atom stereocenters. The molecule has 3 aliphatic carbocycles. The quantitative estimate of drug-likeness (QED) is 0.384. The SMILES string of the molecule is O=CC12CC(N3CCN(CCN4CCC(COc5cc(F)c6c(=O)[nH]c(CSC7CCOCC7)nc6c5)CC4)CC3)(C1)C2. The Kier molecular flexibility index (Phi) is 8.54. The highest BCUT2D eigenvalue weighted by molar-refractivity contribution is 7.99. The standard InChI is InChI=1S/C32H44FN5O4S/c33-26-15-24(16-27-29(26)30(40)35-28(34-27)18-43-25-3-13-41-14-4-25)42-17-23-1-5-36(6-2-23)7-8-37-9-11-38(12-10-37)32-19-31(20-32,21-32)22-39/h15-16,22-23,25H,1-14,17-21H2,(H,34,35,40). The molecule has 0 radical (unpaired) electrons. The van der Waals surface area contributed by atoms with Crippen molar-refractivity contribution < 1.29 is 18.7 Å². The van der Waals surface area contributed by atoms with Gasteiger partial charge in [-0.15, -0.1) is 0 Å². The Morgan fingerprint density at radius 2 is 1.72 bits per heavy atom. The smallest absolute Gasteiger partial charge is 0.261 e. The zero-order chi connectivity index (χ0) is 29.4. The summed E-state index contributed by atoms with van der Waals surface area (Å²) in [5.74, 6) is 1.44. The molecule has 9 nitrogen and oxygen atoms in total. The first-order valence-corrected chi connectivity index (χ1v) is 17.2. The normalized spacial score (nSPS) is 29.3. The third kappa shape index (κ3) is 6.25. The van der Waals surface area contributed by atoms with Gasteiger partial charge in [-0.2, -0.15) is 11.8 Å².